The minimum Gasteiger partial charge on any atom is -0.370 e. The first-order valence-electron chi connectivity index (χ1n) is 12.0. The fourth-order valence-electron chi connectivity index (χ4n) is 5.18. The van der Waals surface area contributed by atoms with Gasteiger partial charge in [0.25, 0.3) is 0 Å². The van der Waals surface area contributed by atoms with Crippen LogP contribution >= 0.6 is 0 Å². The van der Waals surface area contributed by atoms with Crippen LogP contribution in [0.2, 0.25) is 0 Å². The van der Waals surface area contributed by atoms with Gasteiger partial charge in [-0.1, -0.05) is 103 Å². The van der Waals surface area contributed by atoms with E-state index in [1.165, 1.54) is 16.7 Å². The number of ether oxygens (including phenoxy) is 3. The van der Waals surface area contributed by atoms with Crippen molar-refractivity contribution in [2.45, 2.75) is 51.0 Å². The molecule has 1 saturated carbocycles. The average Bonchev–Trinajstić information content (AvgIpc) is 3.19. The van der Waals surface area contributed by atoms with E-state index in [4.69, 9.17) is 14.2 Å². The van der Waals surface area contributed by atoms with Crippen molar-refractivity contribution >= 4 is 0 Å². The van der Waals surface area contributed by atoms with Crippen molar-refractivity contribution in [1.82, 2.24) is 0 Å². The normalized spacial score (nSPS) is 26.2. The maximum Gasteiger partial charge on any atom is 0.111 e. The van der Waals surface area contributed by atoms with Gasteiger partial charge in [-0.05, 0) is 35.4 Å². The van der Waals surface area contributed by atoms with E-state index in [0.29, 0.717) is 31.7 Å². The molecule has 1 fully saturated rings. The van der Waals surface area contributed by atoms with Gasteiger partial charge in [-0.3, -0.25) is 0 Å². The molecule has 5 rings (SSSR count). The van der Waals surface area contributed by atoms with Crippen LogP contribution < -0.4 is 0 Å². The summed E-state index contributed by atoms with van der Waals surface area (Å²) in [4.78, 5) is 0. The number of fused-ring (bicyclic) bond motifs is 1. The van der Waals surface area contributed by atoms with Crippen molar-refractivity contribution in [2.24, 2.45) is 11.8 Å². The topological polar surface area (TPSA) is 27.7 Å². The quantitative estimate of drug-likeness (QED) is 0.364. The molecular formula is C30H32O3. The Morgan fingerprint density at radius 2 is 1.00 bits per heavy atom. The molecule has 3 aromatic carbocycles. The summed E-state index contributed by atoms with van der Waals surface area (Å²) in [6, 6.07) is 31.2. The average molecular weight is 441 g/mol. The van der Waals surface area contributed by atoms with Crippen LogP contribution in [0.25, 0.3) is 0 Å². The zero-order valence-electron chi connectivity index (χ0n) is 19.0. The Hall–Kier alpha value is -2.72. The monoisotopic (exact) mass is 440 g/mol. The lowest BCUT2D eigenvalue weighted by Gasteiger charge is -2.27. The molecule has 2 aliphatic carbocycles. The third kappa shape index (κ3) is 5.44. The summed E-state index contributed by atoms with van der Waals surface area (Å²) < 4.78 is 19.8. The number of hydrogen-bond acceptors (Lipinski definition) is 3. The zero-order chi connectivity index (χ0) is 22.3. The lowest BCUT2D eigenvalue weighted by atomic mass is 9.85. The first-order chi connectivity index (χ1) is 16.4. The van der Waals surface area contributed by atoms with Crippen LogP contribution in [0.5, 0.6) is 0 Å². The number of rotatable bonds is 9. The lowest BCUT2D eigenvalue weighted by Crippen LogP contribution is -2.37. The van der Waals surface area contributed by atoms with E-state index >= 15 is 0 Å². The van der Waals surface area contributed by atoms with Crippen LogP contribution in [-0.2, 0) is 34.0 Å². The summed E-state index contributed by atoms with van der Waals surface area (Å²) in [5, 5.41) is 0. The van der Waals surface area contributed by atoms with E-state index < -0.39 is 0 Å². The van der Waals surface area contributed by atoms with E-state index in [1.54, 1.807) is 0 Å². The molecule has 0 aliphatic heterocycles. The summed E-state index contributed by atoms with van der Waals surface area (Å²) in [6.45, 7) is 1.74. The summed E-state index contributed by atoms with van der Waals surface area (Å²) in [6.07, 6.45) is 6.69. The van der Waals surface area contributed by atoms with Crippen molar-refractivity contribution < 1.29 is 14.2 Å². The van der Waals surface area contributed by atoms with Crippen molar-refractivity contribution in [3.63, 3.8) is 0 Å². The summed E-state index contributed by atoms with van der Waals surface area (Å²) >= 11 is 0. The summed E-state index contributed by atoms with van der Waals surface area (Å²) in [5.74, 6) is 0.712. The van der Waals surface area contributed by atoms with Crippen molar-refractivity contribution in [1.29, 1.82) is 0 Å². The number of benzene rings is 3. The highest BCUT2D eigenvalue weighted by Crippen LogP contribution is 2.44. The second-order valence-corrected chi connectivity index (χ2v) is 9.03. The third-order valence-electron chi connectivity index (χ3n) is 6.82. The number of hydrogen-bond donors (Lipinski definition) is 0. The fourth-order valence-corrected chi connectivity index (χ4v) is 5.18. The molecule has 0 radical (unpaired) electrons. The number of allylic oxidation sites excluding steroid dienone is 1. The van der Waals surface area contributed by atoms with Crippen LogP contribution in [-0.4, -0.2) is 18.3 Å². The van der Waals surface area contributed by atoms with Gasteiger partial charge in [0.1, 0.15) is 6.10 Å². The van der Waals surface area contributed by atoms with Gasteiger partial charge in [-0.2, -0.15) is 0 Å². The van der Waals surface area contributed by atoms with Crippen LogP contribution in [0.1, 0.15) is 29.5 Å². The Morgan fingerprint density at radius 3 is 1.52 bits per heavy atom. The van der Waals surface area contributed by atoms with Gasteiger partial charge in [0, 0.05) is 5.92 Å². The molecule has 0 spiro atoms. The lowest BCUT2D eigenvalue weighted by molar-refractivity contribution is -0.128. The highest BCUT2D eigenvalue weighted by atomic mass is 16.6. The van der Waals surface area contributed by atoms with E-state index in [0.717, 1.165) is 12.8 Å². The van der Waals surface area contributed by atoms with E-state index in [-0.39, 0.29) is 18.3 Å². The molecular weight excluding hydrogens is 408 g/mol. The van der Waals surface area contributed by atoms with Crippen LogP contribution in [0.15, 0.2) is 103 Å². The van der Waals surface area contributed by atoms with E-state index in [1.807, 2.05) is 18.2 Å². The first-order valence-corrected chi connectivity index (χ1v) is 12.0. The highest BCUT2D eigenvalue weighted by Gasteiger charge is 2.52. The van der Waals surface area contributed by atoms with Crippen molar-refractivity contribution in [3.8, 4) is 0 Å². The van der Waals surface area contributed by atoms with Gasteiger partial charge in [-0.25, -0.2) is 0 Å². The first kappa shape index (κ1) is 22.1. The van der Waals surface area contributed by atoms with Crippen molar-refractivity contribution in [2.75, 3.05) is 0 Å². The molecule has 0 aromatic heterocycles. The van der Waals surface area contributed by atoms with Crippen LogP contribution in [0, 0.1) is 11.8 Å². The Bertz CT molecular complexity index is 1000. The molecule has 3 heteroatoms. The van der Waals surface area contributed by atoms with Gasteiger partial charge in [0.05, 0.1) is 32.0 Å². The third-order valence-corrected chi connectivity index (χ3v) is 6.82. The second-order valence-electron chi connectivity index (χ2n) is 9.03. The maximum atomic E-state index is 6.60. The molecule has 3 aromatic rings. The molecule has 0 amide bonds. The van der Waals surface area contributed by atoms with Crippen LogP contribution in [0.3, 0.4) is 0 Å². The van der Waals surface area contributed by atoms with Gasteiger partial charge in [-0.15, -0.1) is 0 Å². The van der Waals surface area contributed by atoms with Gasteiger partial charge < -0.3 is 14.2 Å². The van der Waals surface area contributed by atoms with Crippen LogP contribution in [0.4, 0.5) is 0 Å². The van der Waals surface area contributed by atoms with Gasteiger partial charge >= 0.3 is 0 Å². The van der Waals surface area contributed by atoms with Gasteiger partial charge in [0.15, 0.2) is 0 Å². The molecule has 0 unspecified atom stereocenters. The predicted octanol–water partition coefficient (Wildman–Crippen LogP) is 6.34. The molecule has 170 valence electrons. The maximum absolute atomic E-state index is 6.60. The minimum atomic E-state index is -0.115. The molecule has 3 nitrogen and oxygen atoms in total. The molecule has 0 bridgehead atoms. The van der Waals surface area contributed by atoms with E-state index in [9.17, 15) is 0 Å². The summed E-state index contributed by atoms with van der Waals surface area (Å²) in [5.41, 5.74) is 3.55. The molecule has 2 aliphatic rings. The van der Waals surface area contributed by atoms with Gasteiger partial charge in [0.2, 0.25) is 0 Å². The zero-order valence-corrected chi connectivity index (χ0v) is 19.0. The summed E-state index contributed by atoms with van der Waals surface area (Å²) in [7, 11) is 0. The second kappa shape index (κ2) is 10.9. The molecule has 0 saturated heterocycles. The molecule has 33 heavy (non-hydrogen) atoms. The Kier molecular flexibility index (Phi) is 7.32. The minimum absolute atomic E-state index is 0.00430. The fraction of sp³-hybridized carbons (Fsp3) is 0.333. The van der Waals surface area contributed by atoms with Crippen molar-refractivity contribution in [3.05, 3.63) is 120 Å². The Labute approximate surface area is 197 Å². The SMILES string of the molecule is C1=C[C@H]2[C@@H](CC1)[C@H](OCc1ccccc1)[C@@H](OCc1ccccc1)[C@@H]2OCc1ccccc1. The molecule has 0 N–H and O–H groups in total. The highest BCUT2D eigenvalue weighted by molar-refractivity contribution is 5.17. The molecule has 0 heterocycles. The molecule has 5 atom stereocenters. The predicted molar refractivity (Wildman–Crippen MR) is 130 cm³/mol. The standard InChI is InChI=1S/C30H32O3/c1-4-12-23(13-5-1)20-31-28-26-18-10-11-19-27(26)29(32-21-24-14-6-2-7-15-24)30(28)33-22-25-16-8-3-9-17-25/h1-10,12-18,26-30H,11,19-22H2/t26-,27+,28+,29-,30-/m0/s1. The Balaban J connectivity index is 1.36. The smallest absolute Gasteiger partial charge is 0.111 e. The van der Waals surface area contributed by atoms with E-state index in [2.05, 4.69) is 84.9 Å². The largest absolute Gasteiger partial charge is 0.370 e. The Morgan fingerprint density at radius 1 is 0.545 bits per heavy atom.